The van der Waals surface area contributed by atoms with E-state index in [1.54, 1.807) is 0 Å². The second-order valence-corrected chi connectivity index (χ2v) is 7.05. The number of amides is 1. The van der Waals surface area contributed by atoms with E-state index in [-0.39, 0.29) is 42.2 Å². The van der Waals surface area contributed by atoms with Crippen LogP contribution in [0.4, 0.5) is 8.78 Å². The van der Waals surface area contributed by atoms with Crippen molar-refractivity contribution in [3.63, 3.8) is 0 Å². The highest BCUT2D eigenvalue weighted by Crippen LogP contribution is 2.29. The molecule has 6 unspecified atom stereocenters. The first-order chi connectivity index (χ1) is 9.95. The molecule has 2 saturated carbocycles. The van der Waals surface area contributed by atoms with Crippen LogP contribution in [0, 0.1) is 0 Å². The predicted molar refractivity (Wildman–Crippen MR) is 78.4 cm³/mol. The highest BCUT2D eigenvalue weighted by atomic mass is 35.5. The molecule has 0 heterocycles. The van der Waals surface area contributed by atoms with Gasteiger partial charge in [0.05, 0.1) is 17.5 Å². The van der Waals surface area contributed by atoms with E-state index in [4.69, 9.17) is 27.9 Å². The van der Waals surface area contributed by atoms with E-state index >= 15 is 0 Å². The summed E-state index contributed by atoms with van der Waals surface area (Å²) in [6.45, 7) is -0.150. The summed E-state index contributed by atoms with van der Waals surface area (Å²) in [7, 11) is 0. The number of rotatable bonds is 4. The average Bonchev–Trinajstić information content (AvgIpc) is 2.41. The Labute approximate surface area is 133 Å². The van der Waals surface area contributed by atoms with Crippen molar-refractivity contribution in [3.05, 3.63) is 0 Å². The van der Waals surface area contributed by atoms with E-state index in [0.29, 0.717) is 19.3 Å². The Balaban J connectivity index is 1.70. The number of nitrogens with one attached hydrogen (secondary N) is 1. The van der Waals surface area contributed by atoms with Crippen LogP contribution in [0.15, 0.2) is 0 Å². The molecule has 2 rings (SSSR count). The van der Waals surface area contributed by atoms with Crippen molar-refractivity contribution in [2.24, 2.45) is 0 Å². The largest absolute Gasteiger partial charge is 0.367 e. The molecule has 0 aromatic heterocycles. The van der Waals surface area contributed by atoms with Gasteiger partial charge in [-0.05, 0) is 32.1 Å². The first-order valence-electron chi connectivity index (χ1n) is 7.43. The van der Waals surface area contributed by atoms with Crippen LogP contribution >= 0.6 is 23.2 Å². The summed E-state index contributed by atoms with van der Waals surface area (Å²) in [6.07, 6.45) is 0.0163. The van der Waals surface area contributed by atoms with Gasteiger partial charge in [-0.3, -0.25) is 4.79 Å². The minimum absolute atomic E-state index is 0.0596. The zero-order chi connectivity index (χ0) is 15.4. The molecule has 3 nitrogen and oxygen atoms in total. The lowest BCUT2D eigenvalue weighted by atomic mass is 9.92. The summed E-state index contributed by atoms with van der Waals surface area (Å²) in [6, 6.07) is -0.613. The van der Waals surface area contributed by atoms with Crippen LogP contribution in [0.5, 0.6) is 0 Å². The predicted octanol–water partition coefficient (Wildman–Crippen LogP) is 3.12. The molecular weight excluding hydrogens is 323 g/mol. The van der Waals surface area contributed by atoms with Gasteiger partial charge in [0.25, 0.3) is 0 Å². The van der Waals surface area contributed by atoms with Gasteiger partial charge in [-0.1, -0.05) is 0 Å². The fourth-order valence-corrected chi connectivity index (χ4v) is 3.71. The van der Waals surface area contributed by atoms with E-state index in [2.05, 4.69) is 5.32 Å². The van der Waals surface area contributed by atoms with Crippen LogP contribution < -0.4 is 5.32 Å². The standard InChI is InChI=1S/C14H21Cl2F2NO2/c15-8-1-4-13(10(16)5-8)21-7-14(20)19-12-3-2-9(17)6-11(12)18/h8-13H,1-7H2,(H,19,20). The summed E-state index contributed by atoms with van der Waals surface area (Å²) in [5, 5.41) is 2.43. The molecule has 1 N–H and O–H groups in total. The highest BCUT2D eigenvalue weighted by Gasteiger charge is 2.32. The number of halogens is 4. The first kappa shape index (κ1) is 17.2. The van der Waals surface area contributed by atoms with Gasteiger partial charge in [-0.25, -0.2) is 8.78 Å². The molecular formula is C14H21Cl2F2NO2. The normalized spacial score (nSPS) is 40.8. The van der Waals surface area contributed by atoms with E-state index in [9.17, 15) is 13.6 Å². The van der Waals surface area contributed by atoms with Crippen molar-refractivity contribution in [2.45, 2.75) is 73.8 Å². The first-order valence-corrected chi connectivity index (χ1v) is 8.30. The van der Waals surface area contributed by atoms with Crippen LogP contribution in [-0.4, -0.2) is 47.8 Å². The zero-order valence-electron chi connectivity index (χ0n) is 11.7. The van der Waals surface area contributed by atoms with Gasteiger partial charge >= 0.3 is 0 Å². The minimum Gasteiger partial charge on any atom is -0.367 e. The summed E-state index contributed by atoms with van der Waals surface area (Å²) < 4.78 is 32.1. The quantitative estimate of drug-likeness (QED) is 0.796. The fourth-order valence-electron chi connectivity index (χ4n) is 2.89. The van der Waals surface area contributed by atoms with Crippen LogP contribution in [0.25, 0.3) is 0 Å². The smallest absolute Gasteiger partial charge is 0.246 e. The molecule has 0 aromatic rings. The lowest BCUT2D eigenvalue weighted by Crippen LogP contribution is -2.47. The number of carbonyl (C=O) groups excluding carboxylic acids is 1. The number of ether oxygens (including phenoxy) is 1. The minimum atomic E-state index is -1.33. The van der Waals surface area contributed by atoms with Crippen molar-refractivity contribution in [3.8, 4) is 0 Å². The van der Waals surface area contributed by atoms with Gasteiger partial charge in [-0.2, -0.15) is 0 Å². The molecule has 2 aliphatic rings. The van der Waals surface area contributed by atoms with E-state index in [1.807, 2.05) is 0 Å². The van der Waals surface area contributed by atoms with Gasteiger partial charge in [0.1, 0.15) is 19.0 Å². The third-order valence-corrected chi connectivity index (χ3v) is 4.99. The Hall–Kier alpha value is -0.130. The lowest BCUT2D eigenvalue weighted by Gasteiger charge is -2.31. The molecule has 1 amide bonds. The van der Waals surface area contributed by atoms with Gasteiger partial charge in [0.15, 0.2) is 0 Å². The number of hydrogen-bond donors (Lipinski definition) is 1. The molecule has 2 fully saturated rings. The molecule has 0 spiro atoms. The van der Waals surface area contributed by atoms with E-state index in [0.717, 1.165) is 6.42 Å². The maximum atomic E-state index is 13.6. The van der Waals surface area contributed by atoms with Gasteiger partial charge in [-0.15, -0.1) is 23.2 Å². The summed E-state index contributed by atoms with van der Waals surface area (Å²) in [4.78, 5) is 11.8. The topological polar surface area (TPSA) is 38.3 Å². The summed E-state index contributed by atoms with van der Waals surface area (Å²) >= 11 is 12.2. The van der Waals surface area contributed by atoms with Crippen LogP contribution in [0.3, 0.4) is 0 Å². The Morgan fingerprint density at radius 2 is 1.90 bits per heavy atom. The summed E-state index contributed by atoms with van der Waals surface area (Å²) in [5.74, 6) is -0.378. The van der Waals surface area contributed by atoms with Crippen molar-refractivity contribution in [1.82, 2.24) is 5.32 Å². The van der Waals surface area contributed by atoms with Gasteiger partial charge in [0.2, 0.25) is 5.91 Å². The third kappa shape index (κ3) is 5.22. The zero-order valence-corrected chi connectivity index (χ0v) is 13.3. The Morgan fingerprint density at radius 1 is 1.14 bits per heavy atom. The van der Waals surface area contributed by atoms with E-state index in [1.165, 1.54) is 0 Å². The SMILES string of the molecule is O=C(COC1CCC(Cl)CC1Cl)NC1CCC(F)CC1F. The number of alkyl halides is 4. The third-order valence-electron chi connectivity index (χ3n) is 4.13. The number of carbonyl (C=O) groups is 1. The van der Waals surface area contributed by atoms with Crippen molar-refractivity contribution in [1.29, 1.82) is 0 Å². The molecule has 2 aliphatic carbocycles. The van der Waals surface area contributed by atoms with E-state index < -0.39 is 18.4 Å². The second-order valence-electron chi connectivity index (χ2n) is 5.88. The maximum Gasteiger partial charge on any atom is 0.246 e. The fraction of sp³-hybridized carbons (Fsp3) is 0.929. The lowest BCUT2D eigenvalue weighted by molar-refractivity contribution is -0.129. The molecule has 0 aliphatic heterocycles. The molecule has 0 saturated heterocycles. The Morgan fingerprint density at radius 3 is 2.57 bits per heavy atom. The monoisotopic (exact) mass is 343 g/mol. The molecule has 0 aromatic carbocycles. The molecule has 6 atom stereocenters. The van der Waals surface area contributed by atoms with Crippen molar-refractivity contribution >= 4 is 29.1 Å². The maximum absolute atomic E-state index is 13.6. The van der Waals surface area contributed by atoms with Gasteiger partial charge < -0.3 is 10.1 Å². The van der Waals surface area contributed by atoms with Crippen LogP contribution in [-0.2, 0) is 9.53 Å². The molecule has 21 heavy (non-hydrogen) atoms. The van der Waals surface area contributed by atoms with Crippen molar-refractivity contribution in [2.75, 3.05) is 6.61 Å². The van der Waals surface area contributed by atoms with Crippen LogP contribution in [0.2, 0.25) is 0 Å². The highest BCUT2D eigenvalue weighted by molar-refractivity contribution is 6.24. The van der Waals surface area contributed by atoms with Gasteiger partial charge in [0, 0.05) is 11.8 Å². The molecule has 0 radical (unpaired) electrons. The average molecular weight is 344 g/mol. The number of hydrogen-bond acceptors (Lipinski definition) is 2. The summed E-state index contributed by atoms with van der Waals surface area (Å²) in [5.41, 5.74) is 0. The Bertz CT molecular complexity index is 362. The molecule has 122 valence electrons. The molecule has 7 heteroatoms. The Kier molecular flexibility index (Phi) is 6.51. The molecule has 0 bridgehead atoms. The second kappa shape index (κ2) is 7.93. The van der Waals surface area contributed by atoms with Crippen LogP contribution in [0.1, 0.15) is 38.5 Å². The van der Waals surface area contributed by atoms with Crippen molar-refractivity contribution < 1.29 is 18.3 Å².